The summed E-state index contributed by atoms with van der Waals surface area (Å²) in [6, 6.07) is 9.50. The highest BCUT2D eigenvalue weighted by Crippen LogP contribution is 2.20. The molecule has 0 radical (unpaired) electrons. The second kappa shape index (κ2) is 7.83. The van der Waals surface area contributed by atoms with Crippen LogP contribution in [-0.2, 0) is 7.05 Å². The van der Waals surface area contributed by atoms with Crippen LogP contribution in [0.2, 0.25) is 0 Å². The van der Waals surface area contributed by atoms with E-state index in [1.807, 2.05) is 51.4 Å². The molecule has 1 atom stereocenters. The van der Waals surface area contributed by atoms with Gasteiger partial charge in [0.15, 0.2) is 0 Å². The summed E-state index contributed by atoms with van der Waals surface area (Å²) < 4.78 is 6.83. The van der Waals surface area contributed by atoms with Crippen molar-refractivity contribution in [2.45, 2.75) is 13.0 Å². The van der Waals surface area contributed by atoms with Crippen molar-refractivity contribution in [3.63, 3.8) is 0 Å². The summed E-state index contributed by atoms with van der Waals surface area (Å²) in [5.74, 6) is 1.48. The number of carbonyl (C=O) groups excluding carboxylic acids is 1. The third kappa shape index (κ3) is 4.48. The molecule has 0 aliphatic heterocycles. The van der Waals surface area contributed by atoms with Crippen LogP contribution >= 0.6 is 0 Å². The fourth-order valence-electron chi connectivity index (χ4n) is 2.50. The van der Waals surface area contributed by atoms with Gasteiger partial charge >= 0.3 is 6.03 Å². The van der Waals surface area contributed by atoms with Crippen molar-refractivity contribution in [1.82, 2.24) is 20.0 Å². The van der Waals surface area contributed by atoms with E-state index in [1.165, 1.54) is 0 Å². The van der Waals surface area contributed by atoms with Crippen LogP contribution in [0.5, 0.6) is 5.75 Å². The Morgan fingerprint density at radius 2 is 2.00 bits per heavy atom. The Bertz CT molecular complexity index is 679. The number of aryl methyl sites for hydroxylation is 2. The van der Waals surface area contributed by atoms with E-state index in [2.05, 4.69) is 20.6 Å². The number of nitrogens with zero attached hydrogens (tertiary/aromatic N) is 3. The van der Waals surface area contributed by atoms with Gasteiger partial charge in [-0.15, -0.1) is 0 Å². The van der Waals surface area contributed by atoms with Crippen LogP contribution in [0, 0.1) is 6.92 Å². The fourth-order valence-corrected chi connectivity index (χ4v) is 2.50. The van der Waals surface area contributed by atoms with Crippen LogP contribution in [0.4, 0.5) is 10.6 Å². The molecule has 0 unspecified atom stereocenters. The van der Waals surface area contributed by atoms with E-state index in [1.54, 1.807) is 18.8 Å². The lowest BCUT2D eigenvalue weighted by Gasteiger charge is -2.25. The molecule has 0 aliphatic rings. The highest BCUT2D eigenvalue weighted by atomic mass is 16.5. The number of methoxy groups -OCH3 is 1. The first-order chi connectivity index (χ1) is 11.4. The number of rotatable bonds is 6. The Hall–Kier alpha value is -2.54. The molecular formula is C17H25N5O2. The van der Waals surface area contributed by atoms with Crippen LogP contribution in [0.15, 0.2) is 30.3 Å². The first kappa shape index (κ1) is 17.8. The first-order valence-corrected chi connectivity index (χ1v) is 7.76. The molecule has 24 heavy (non-hydrogen) atoms. The lowest BCUT2D eigenvalue weighted by molar-refractivity contribution is 0.243. The number of aromatic nitrogens is 2. The average Bonchev–Trinajstić information content (AvgIpc) is 2.85. The van der Waals surface area contributed by atoms with Crippen molar-refractivity contribution in [3.05, 3.63) is 41.6 Å². The van der Waals surface area contributed by atoms with Crippen LogP contribution in [0.1, 0.15) is 17.3 Å². The van der Waals surface area contributed by atoms with Gasteiger partial charge in [0, 0.05) is 19.7 Å². The van der Waals surface area contributed by atoms with Crippen LogP contribution in [0.3, 0.4) is 0 Å². The minimum absolute atomic E-state index is 0.0647. The topological polar surface area (TPSA) is 71.4 Å². The molecule has 0 fully saturated rings. The molecule has 0 aliphatic carbocycles. The normalized spacial score (nSPS) is 12.1. The Morgan fingerprint density at radius 3 is 2.50 bits per heavy atom. The van der Waals surface area contributed by atoms with E-state index in [0.717, 1.165) is 17.0 Å². The Balaban J connectivity index is 1.97. The lowest BCUT2D eigenvalue weighted by Crippen LogP contribution is -2.37. The Kier molecular flexibility index (Phi) is 5.81. The van der Waals surface area contributed by atoms with E-state index in [-0.39, 0.29) is 12.1 Å². The number of nitrogens with one attached hydrogen (secondary N) is 2. The summed E-state index contributed by atoms with van der Waals surface area (Å²) in [6.07, 6.45) is 0. The molecule has 1 aromatic carbocycles. The van der Waals surface area contributed by atoms with Gasteiger partial charge in [0.1, 0.15) is 11.6 Å². The molecule has 1 heterocycles. The number of amides is 2. The van der Waals surface area contributed by atoms with E-state index in [9.17, 15) is 4.79 Å². The van der Waals surface area contributed by atoms with E-state index in [0.29, 0.717) is 12.4 Å². The average molecular weight is 331 g/mol. The Morgan fingerprint density at radius 1 is 1.33 bits per heavy atom. The number of anilines is 1. The van der Waals surface area contributed by atoms with Crippen molar-refractivity contribution < 1.29 is 9.53 Å². The third-order valence-corrected chi connectivity index (χ3v) is 3.82. The molecular weight excluding hydrogens is 306 g/mol. The predicted molar refractivity (Wildman–Crippen MR) is 94.4 cm³/mol. The number of benzene rings is 1. The van der Waals surface area contributed by atoms with E-state index in [4.69, 9.17) is 4.74 Å². The molecule has 0 spiro atoms. The monoisotopic (exact) mass is 331 g/mol. The van der Waals surface area contributed by atoms with Crippen molar-refractivity contribution in [3.8, 4) is 5.75 Å². The summed E-state index contributed by atoms with van der Waals surface area (Å²) in [4.78, 5) is 14.2. The maximum Gasteiger partial charge on any atom is 0.320 e. The molecule has 0 saturated carbocycles. The summed E-state index contributed by atoms with van der Waals surface area (Å²) in [5, 5.41) is 9.92. The van der Waals surface area contributed by atoms with Gasteiger partial charge in [-0.2, -0.15) is 5.10 Å². The highest BCUT2D eigenvalue weighted by Gasteiger charge is 2.16. The van der Waals surface area contributed by atoms with Crippen LogP contribution in [-0.4, -0.2) is 48.5 Å². The molecule has 1 aromatic heterocycles. The number of likely N-dealkylation sites (N-methyl/N-ethyl adjacent to an activating group) is 1. The summed E-state index contributed by atoms with van der Waals surface area (Å²) in [7, 11) is 7.41. The maximum atomic E-state index is 12.1. The second-order valence-corrected chi connectivity index (χ2v) is 5.88. The zero-order valence-corrected chi connectivity index (χ0v) is 14.8. The summed E-state index contributed by atoms with van der Waals surface area (Å²) >= 11 is 0. The molecule has 130 valence electrons. The number of carbonyl (C=O) groups is 1. The predicted octanol–water partition coefficient (Wildman–Crippen LogP) is 2.16. The molecule has 0 bridgehead atoms. The van der Waals surface area contributed by atoms with Gasteiger partial charge in [0.25, 0.3) is 0 Å². The van der Waals surface area contributed by atoms with Gasteiger partial charge < -0.3 is 15.0 Å². The van der Waals surface area contributed by atoms with Gasteiger partial charge in [-0.1, -0.05) is 12.1 Å². The van der Waals surface area contributed by atoms with Gasteiger partial charge in [-0.25, -0.2) is 4.79 Å². The van der Waals surface area contributed by atoms with E-state index >= 15 is 0 Å². The molecule has 7 nitrogen and oxygen atoms in total. The van der Waals surface area contributed by atoms with Crippen molar-refractivity contribution in [1.29, 1.82) is 0 Å². The summed E-state index contributed by atoms with van der Waals surface area (Å²) in [6.45, 7) is 2.37. The molecule has 2 N–H and O–H groups in total. The van der Waals surface area contributed by atoms with E-state index < -0.39 is 0 Å². The number of hydrogen-bond acceptors (Lipinski definition) is 4. The quantitative estimate of drug-likeness (QED) is 0.851. The van der Waals surface area contributed by atoms with Crippen molar-refractivity contribution in [2.24, 2.45) is 7.05 Å². The summed E-state index contributed by atoms with van der Waals surface area (Å²) in [5.41, 5.74) is 1.97. The minimum Gasteiger partial charge on any atom is -0.497 e. The lowest BCUT2D eigenvalue weighted by atomic mass is 10.1. The maximum absolute atomic E-state index is 12.1. The van der Waals surface area contributed by atoms with Gasteiger partial charge in [-0.3, -0.25) is 10.00 Å². The SMILES string of the molecule is COc1ccc([C@@H](CNC(=O)Nc2cc(C)nn2C)N(C)C)cc1. The molecule has 2 amide bonds. The van der Waals surface area contributed by atoms with Crippen LogP contribution in [0.25, 0.3) is 0 Å². The third-order valence-electron chi connectivity index (χ3n) is 3.82. The standard InChI is InChI=1S/C17H25N5O2/c1-12-10-16(22(4)20-12)19-17(23)18-11-15(21(2)3)13-6-8-14(24-5)9-7-13/h6-10,15H,11H2,1-5H3,(H2,18,19,23)/t15-/m1/s1. The molecule has 7 heteroatoms. The fraction of sp³-hybridized carbons (Fsp3) is 0.412. The molecule has 2 rings (SSSR count). The number of hydrogen-bond donors (Lipinski definition) is 2. The zero-order valence-electron chi connectivity index (χ0n) is 14.8. The minimum atomic E-state index is -0.252. The largest absolute Gasteiger partial charge is 0.497 e. The van der Waals surface area contributed by atoms with Crippen molar-refractivity contribution in [2.75, 3.05) is 33.1 Å². The highest BCUT2D eigenvalue weighted by molar-refractivity contribution is 5.88. The van der Waals surface area contributed by atoms with Gasteiger partial charge in [0.05, 0.1) is 18.8 Å². The van der Waals surface area contributed by atoms with Gasteiger partial charge in [-0.05, 0) is 38.7 Å². The van der Waals surface area contributed by atoms with Crippen LogP contribution < -0.4 is 15.4 Å². The molecule has 0 saturated heterocycles. The Labute approximate surface area is 142 Å². The molecule has 2 aromatic rings. The zero-order chi connectivity index (χ0) is 17.7. The first-order valence-electron chi connectivity index (χ1n) is 7.76. The van der Waals surface area contributed by atoms with Crippen molar-refractivity contribution >= 4 is 11.8 Å². The second-order valence-electron chi connectivity index (χ2n) is 5.88. The van der Waals surface area contributed by atoms with Gasteiger partial charge in [0.2, 0.25) is 0 Å². The number of ether oxygens (including phenoxy) is 1. The number of urea groups is 1. The smallest absolute Gasteiger partial charge is 0.320 e.